The zero-order valence-electron chi connectivity index (χ0n) is 11.7. The molecule has 1 N–H and O–H groups in total. The monoisotopic (exact) mass is 296 g/mol. The molecule has 1 aliphatic rings. The summed E-state index contributed by atoms with van der Waals surface area (Å²) in [5, 5.41) is 12.6. The van der Waals surface area contributed by atoms with Crippen LogP contribution >= 0.6 is 11.8 Å². The third-order valence-corrected chi connectivity index (χ3v) is 4.25. The molecule has 0 unspecified atom stereocenters. The first kappa shape index (κ1) is 15.1. The van der Waals surface area contributed by atoms with Crippen LogP contribution < -0.4 is 5.32 Å². The Morgan fingerprint density at radius 1 is 1.55 bits per heavy atom. The molecular formula is C13H20N4O2S. The quantitative estimate of drug-likeness (QED) is 0.483. The van der Waals surface area contributed by atoms with E-state index < -0.39 is 0 Å². The van der Waals surface area contributed by atoms with Crippen molar-refractivity contribution in [3.8, 4) is 0 Å². The van der Waals surface area contributed by atoms with Gasteiger partial charge >= 0.3 is 5.97 Å². The zero-order valence-corrected chi connectivity index (χ0v) is 12.5. The molecule has 1 aromatic heterocycles. The molecule has 2 rings (SSSR count). The van der Waals surface area contributed by atoms with Gasteiger partial charge in [0, 0.05) is 12.5 Å². The van der Waals surface area contributed by atoms with Crippen molar-refractivity contribution in [3.05, 3.63) is 18.5 Å². The second kappa shape index (κ2) is 7.44. The number of hydrogen-bond donors (Lipinski definition) is 1. The van der Waals surface area contributed by atoms with Crippen molar-refractivity contribution in [1.82, 2.24) is 20.1 Å². The van der Waals surface area contributed by atoms with Crippen LogP contribution in [0.1, 0.15) is 24.6 Å². The Kier molecular flexibility index (Phi) is 5.60. The Hall–Kier alpha value is -1.34. The first-order chi connectivity index (χ1) is 9.76. The van der Waals surface area contributed by atoms with Crippen LogP contribution in [-0.2, 0) is 16.1 Å². The summed E-state index contributed by atoms with van der Waals surface area (Å²) < 4.78 is 6.70. The average Bonchev–Trinajstić information content (AvgIpc) is 2.89. The lowest BCUT2D eigenvalue weighted by atomic mass is 9.97. The maximum absolute atomic E-state index is 11.2. The summed E-state index contributed by atoms with van der Waals surface area (Å²) in [5.41, 5.74) is 0. The second-order valence-corrected chi connectivity index (χ2v) is 5.57. The number of aromatic nitrogens is 3. The second-order valence-electron chi connectivity index (χ2n) is 4.63. The molecule has 0 aromatic carbocycles. The molecule has 0 spiro atoms. The van der Waals surface area contributed by atoms with Crippen molar-refractivity contribution in [1.29, 1.82) is 0 Å². The number of ether oxygens (including phenoxy) is 1. The largest absolute Gasteiger partial charge is 0.468 e. The summed E-state index contributed by atoms with van der Waals surface area (Å²) in [7, 11) is 1.39. The van der Waals surface area contributed by atoms with Crippen molar-refractivity contribution in [2.24, 2.45) is 0 Å². The number of carbonyl (C=O) groups is 1. The molecule has 0 bridgehead atoms. The molecule has 1 saturated heterocycles. The fourth-order valence-corrected chi connectivity index (χ4v) is 3.06. The number of nitrogens with zero attached hydrogens (tertiary/aromatic N) is 3. The number of carbonyl (C=O) groups excluding carboxylic acids is 1. The summed E-state index contributed by atoms with van der Waals surface area (Å²) in [5.74, 6) is 1.42. The summed E-state index contributed by atoms with van der Waals surface area (Å²) >= 11 is 1.36. The van der Waals surface area contributed by atoms with Gasteiger partial charge in [-0.25, -0.2) is 0 Å². The molecular weight excluding hydrogens is 276 g/mol. The normalized spacial score (nSPS) is 16.1. The summed E-state index contributed by atoms with van der Waals surface area (Å²) in [4.78, 5) is 11.2. The highest BCUT2D eigenvalue weighted by Gasteiger charge is 2.23. The summed E-state index contributed by atoms with van der Waals surface area (Å²) in [6.07, 6.45) is 3.96. The molecule has 110 valence electrons. The summed E-state index contributed by atoms with van der Waals surface area (Å²) in [6.45, 7) is 6.47. The van der Waals surface area contributed by atoms with Crippen LogP contribution in [0.5, 0.6) is 0 Å². The molecule has 6 nitrogen and oxygen atoms in total. The number of rotatable bonds is 6. The maximum atomic E-state index is 11.2. The average molecular weight is 296 g/mol. The van der Waals surface area contributed by atoms with Gasteiger partial charge in [-0.3, -0.25) is 4.79 Å². The summed E-state index contributed by atoms with van der Waals surface area (Å²) in [6, 6.07) is 0. The Bertz CT molecular complexity index is 469. The fourth-order valence-electron chi connectivity index (χ4n) is 2.27. The molecule has 0 atom stereocenters. The van der Waals surface area contributed by atoms with E-state index in [4.69, 9.17) is 0 Å². The van der Waals surface area contributed by atoms with Crippen LogP contribution in [0.25, 0.3) is 0 Å². The molecule has 0 amide bonds. The number of allylic oxidation sites excluding steroid dienone is 1. The van der Waals surface area contributed by atoms with Gasteiger partial charge in [-0.2, -0.15) is 0 Å². The number of nitrogens with one attached hydrogen (secondary N) is 1. The van der Waals surface area contributed by atoms with Gasteiger partial charge in [0.15, 0.2) is 5.16 Å². The Morgan fingerprint density at radius 3 is 2.95 bits per heavy atom. The standard InChI is InChI=1S/C13H20N4O2S/c1-3-8-17-12(10-4-6-14-7-5-10)15-16-13(17)20-9-11(18)19-2/h3,10,14H,1,4-9H2,2H3. The van der Waals surface area contributed by atoms with Crippen molar-refractivity contribution < 1.29 is 9.53 Å². The molecule has 0 saturated carbocycles. The smallest absolute Gasteiger partial charge is 0.316 e. The van der Waals surface area contributed by atoms with Crippen molar-refractivity contribution in [2.75, 3.05) is 26.0 Å². The van der Waals surface area contributed by atoms with Crippen LogP contribution in [0.3, 0.4) is 0 Å². The minimum atomic E-state index is -0.258. The van der Waals surface area contributed by atoms with Gasteiger partial charge in [0.05, 0.1) is 12.9 Å². The molecule has 2 heterocycles. The third kappa shape index (κ3) is 3.61. The van der Waals surface area contributed by atoms with E-state index in [2.05, 4.69) is 31.4 Å². The highest BCUT2D eigenvalue weighted by Crippen LogP contribution is 2.27. The predicted octanol–water partition coefficient (Wildman–Crippen LogP) is 1.20. The Morgan fingerprint density at radius 2 is 2.30 bits per heavy atom. The van der Waals surface area contributed by atoms with Crippen LogP contribution in [-0.4, -0.2) is 46.7 Å². The Labute approximate surface area is 123 Å². The van der Waals surface area contributed by atoms with E-state index in [1.807, 2.05) is 6.08 Å². The molecule has 1 fully saturated rings. The fraction of sp³-hybridized carbons (Fsp3) is 0.615. The van der Waals surface area contributed by atoms with Gasteiger partial charge in [0.2, 0.25) is 0 Å². The number of hydrogen-bond acceptors (Lipinski definition) is 6. The van der Waals surface area contributed by atoms with Crippen LogP contribution in [0.15, 0.2) is 17.8 Å². The Balaban J connectivity index is 2.13. The number of piperidine rings is 1. The van der Waals surface area contributed by atoms with Crippen molar-refractivity contribution in [3.63, 3.8) is 0 Å². The van der Waals surface area contributed by atoms with Gasteiger partial charge in [-0.05, 0) is 25.9 Å². The predicted molar refractivity (Wildman–Crippen MR) is 77.8 cm³/mol. The van der Waals surface area contributed by atoms with Gasteiger partial charge < -0.3 is 14.6 Å². The first-order valence-corrected chi connectivity index (χ1v) is 7.69. The highest BCUT2D eigenvalue weighted by atomic mass is 32.2. The maximum Gasteiger partial charge on any atom is 0.316 e. The van der Waals surface area contributed by atoms with E-state index in [0.29, 0.717) is 12.5 Å². The SMILES string of the molecule is C=CCn1c(SCC(=O)OC)nnc1C1CCNCC1. The molecule has 1 aliphatic heterocycles. The van der Waals surface area contributed by atoms with Gasteiger partial charge in [-0.15, -0.1) is 16.8 Å². The lowest BCUT2D eigenvalue weighted by molar-refractivity contribution is -0.137. The van der Waals surface area contributed by atoms with Gasteiger partial charge in [0.25, 0.3) is 0 Å². The lowest BCUT2D eigenvalue weighted by Crippen LogP contribution is -2.28. The zero-order chi connectivity index (χ0) is 14.4. The molecule has 7 heteroatoms. The van der Waals surface area contributed by atoms with Gasteiger partial charge in [0.1, 0.15) is 5.82 Å². The van der Waals surface area contributed by atoms with E-state index >= 15 is 0 Å². The molecule has 20 heavy (non-hydrogen) atoms. The van der Waals surface area contributed by atoms with E-state index in [0.717, 1.165) is 36.9 Å². The van der Waals surface area contributed by atoms with Crippen LogP contribution in [0.2, 0.25) is 0 Å². The van der Waals surface area contributed by atoms with Crippen molar-refractivity contribution >= 4 is 17.7 Å². The van der Waals surface area contributed by atoms with E-state index in [1.165, 1.54) is 18.9 Å². The third-order valence-electron chi connectivity index (χ3n) is 3.31. The topological polar surface area (TPSA) is 69.0 Å². The number of thioether (sulfide) groups is 1. The number of esters is 1. The van der Waals surface area contributed by atoms with E-state index in [9.17, 15) is 4.79 Å². The van der Waals surface area contributed by atoms with Gasteiger partial charge in [-0.1, -0.05) is 17.8 Å². The van der Waals surface area contributed by atoms with Crippen LogP contribution in [0, 0.1) is 0 Å². The molecule has 0 radical (unpaired) electrons. The minimum Gasteiger partial charge on any atom is -0.468 e. The highest BCUT2D eigenvalue weighted by molar-refractivity contribution is 7.99. The van der Waals surface area contributed by atoms with E-state index in [1.54, 1.807) is 0 Å². The van der Waals surface area contributed by atoms with Crippen LogP contribution in [0.4, 0.5) is 0 Å². The number of methoxy groups -OCH3 is 1. The minimum absolute atomic E-state index is 0.248. The molecule has 1 aromatic rings. The molecule has 0 aliphatic carbocycles. The lowest BCUT2D eigenvalue weighted by Gasteiger charge is -2.22. The first-order valence-electron chi connectivity index (χ1n) is 6.70. The van der Waals surface area contributed by atoms with E-state index in [-0.39, 0.29) is 11.7 Å². The van der Waals surface area contributed by atoms with Crippen molar-refractivity contribution in [2.45, 2.75) is 30.5 Å².